The number of benzene rings is 1. The third-order valence-electron chi connectivity index (χ3n) is 8.20. The summed E-state index contributed by atoms with van der Waals surface area (Å²) in [6.07, 6.45) is 5.92. The van der Waals surface area contributed by atoms with Crippen molar-refractivity contribution in [2.75, 3.05) is 39.2 Å². The van der Waals surface area contributed by atoms with Gasteiger partial charge in [-0.3, -0.25) is 4.79 Å². The number of imidazole rings is 1. The highest BCUT2D eigenvalue weighted by atomic mass is 16.5. The molecule has 4 N–H and O–H groups in total. The summed E-state index contributed by atoms with van der Waals surface area (Å²) in [6.45, 7) is 1.46. The predicted molar refractivity (Wildman–Crippen MR) is 146 cm³/mol. The number of nitrogens with one attached hydrogen (secondary N) is 2. The van der Waals surface area contributed by atoms with Gasteiger partial charge in [0.2, 0.25) is 5.91 Å². The van der Waals surface area contributed by atoms with Gasteiger partial charge in [0.15, 0.2) is 28.5 Å². The number of hydrogen-bond donors (Lipinski definition) is 4. The lowest BCUT2D eigenvalue weighted by atomic mass is 9.98. The second-order valence-corrected chi connectivity index (χ2v) is 10.4. The lowest BCUT2D eigenvalue weighted by Gasteiger charge is -2.23. The number of aliphatic hydroxyl groups excluding tert-OH is 2. The van der Waals surface area contributed by atoms with E-state index < -0.39 is 23.7 Å². The van der Waals surface area contributed by atoms with Gasteiger partial charge in [-0.05, 0) is 43.4 Å². The Morgan fingerprint density at radius 1 is 1.20 bits per heavy atom. The largest absolute Gasteiger partial charge is 0.493 e. The highest BCUT2D eigenvalue weighted by Gasteiger charge is 2.75. The predicted octanol–water partition coefficient (Wildman–Crippen LogP) is 1.63. The fourth-order valence-corrected chi connectivity index (χ4v) is 6.09. The van der Waals surface area contributed by atoms with E-state index >= 15 is 0 Å². The number of rotatable bonds is 3. The maximum Gasteiger partial charge on any atom is 0.320 e. The minimum absolute atomic E-state index is 0.186. The average Bonchev–Trinajstić information content (AvgIpc) is 3.50. The number of nitrogens with zero attached hydrogens (tertiary/aromatic N) is 4. The molecule has 2 aromatic heterocycles. The summed E-state index contributed by atoms with van der Waals surface area (Å²) in [7, 11) is 3.17. The molecule has 12 heteroatoms. The van der Waals surface area contributed by atoms with Crippen LogP contribution in [0.4, 0.5) is 5.82 Å². The molecule has 6 rings (SSSR count). The molecule has 4 bridgehead atoms. The molecule has 3 aromatic rings. The van der Waals surface area contributed by atoms with Crippen molar-refractivity contribution in [2.45, 2.75) is 43.9 Å². The average molecular weight is 551 g/mol. The number of carbonyl (C=O) groups excluding carboxylic acids is 1. The number of amides is 1. The molecule has 1 aliphatic heterocycles. The van der Waals surface area contributed by atoms with Crippen LogP contribution in [0.3, 0.4) is 0 Å². The van der Waals surface area contributed by atoms with Gasteiger partial charge in [-0.15, -0.1) is 0 Å². The van der Waals surface area contributed by atoms with Crippen molar-refractivity contribution in [3.8, 4) is 17.5 Å². The molecule has 3 heterocycles. The zero-order chi connectivity index (χ0) is 27.9. The lowest BCUT2D eigenvalue weighted by molar-refractivity contribution is -0.132. The van der Waals surface area contributed by atoms with E-state index in [0.29, 0.717) is 67.5 Å². The van der Waals surface area contributed by atoms with Gasteiger partial charge >= 0.3 is 6.01 Å². The molecule has 0 spiro atoms. The number of fused-ring (bicyclic) bond motifs is 7. The van der Waals surface area contributed by atoms with Gasteiger partial charge in [0.05, 0.1) is 44.2 Å². The number of methoxy groups -OCH3 is 1. The Morgan fingerprint density at radius 3 is 2.77 bits per heavy atom. The fraction of sp³-hybridized carbons (Fsp3) is 0.500. The first-order chi connectivity index (χ1) is 19.5. The molecule has 12 nitrogen and oxygen atoms in total. The van der Waals surface area contributed by atoms with E-state index in [2.05, 4.69) is 25.6 Å². The van der Waals surface area contributed by atoms with Crippen LogP contribution in [0.15, 0.2) is 36.7 Å². The second-order valence-electron chi connectivity index (χ2n) is 10.4. The summed E-state index contributed by atoms with van der Waals surface area (Å²) in [5.41, 5.74) is 1.05. The minimum atomic E-state index is -1.18. The van der Waals surface area contributed by atoms with E-state index in [9.17, 15) is 15.0 Å². The van der Waals surface area contributed by atoms with E-state index in [0.717, 1.165) is 12.0 Å². The zero-order valence-electron chi connectivity index (χ0n) is 22.5. The highest BCUT2D eigenvalue weighted by Crippen LogP contribution is 2.67. The first-order valence-corrected chi connectivity index (χ1v) is 13.6. The molecule has 212 valence electrons. The van der Waals surface area contributed by atoms with E-state index in [1.807, 2.05) is 30.4 Å². The van der Waals surface area contributed by atoms with Crippen LogP contribution in [0.2, 0.25) is 0 Å². The van der Waals surface area contributed by atoms with E-state index in [4.69, 9.17) is 14.2 Å². The molecule has 3 aliphatic rings. The fourth-order valence-electron chi connectivity index (χ4n) is 6.09. The molecule has 1 unspecified atom stereocenters. The summed E-state index contributed by atoms with van der Waals surface area (Å²) in [6, 6.07) is 5.52. The molecule has 2 saturated carbocycles. The van der Waals surface area contributed by atoms with Crippen LogP contribution in [0.25, 0.3) is 11.2 Å². The van der Waals surface area contributed by atoms with Gasteiger partial charge in [-0.1, -0.05) is 18.2 Å². The Labute approximate surface area is 231 Å². The monoisotopic (exact) mass is 550 g/mol. The highest BCUT2D eigenvalue weighted by molar-refractivity contribution is 5.88. The second kappa shape index (κ2) is 10.6. The van der Waals surface area contributed by atoms with Gasteiger partial charge < -0.3 is 39.6 Å². The molecule has 0 radical (unpaired) electrons. The summed E-state index contributed by atoms with van der Waals surface area (Å²) >= 11 is 0. The number of aromatic nitrogens is 4. The van der Waals surface area contributed by atoms with Crippen LogP contribution in [0.1, 0.15) is 30.9 Å². The maximum atomic E-state index is 12.6. The number of aliphatic hydroxyl groups is 2. The molecule has 5 atom stereocenters. The minimum Gasteiger partial charge on any atom is -0.493 e. The first kappa shape index (κ1) is 26.3. The first-order valence-electron chi connectivity index (χ1n) is 13.6. The van der Waals surface area contributed by atoms with Crippen molar-refractivity contribution in [1.29, 1.82) is 0 Å². The standard InChI is InChI=1S/C28H34N6O6/c1-29-26(37)28-14-17(28)21(22(35)23(28)36)34-15-31-20-24-30-10-9-16-7-8-18(38-2)19(13-16)39-11-5-3-4-6-12-40-27(32-24)33-25(20)34/h3-4,7-8,13,15,17,21-23,35-36H,5-6,9-12,14H2,1-2H3,(H,29,37)(H,30,32,33)/b4-3+/t17-,21-,22-,23?,28+/m1/s1. The molecule has 0 saturated heterocycles. The van der Waals surface area contributed by atoms with Crippen molar-refractivity contribution in [1.82, 2.24) is 24.8 Å². The Hall–Kier alpha value is -3.90. The summed E-state index contributed by atoms with van der Waals surface area (Å²) in [5, 5.41) is 27.8. The van der Waals surface area contributed by atoms with Crippen LogP contribution in [0.5, 0.6) is 17.5 Å². The Kier molecular flexibility index (Phi) is 6.97. The van der Waals surface area contributed by atoms with Crippen LogP contribution in [-0.2, 0) is 11.2 Å². The van der Waals surface area contributed by atoms with Gasteiger partial charge in [0.25, 0.3) is 0 Å². The zero-order valence-corrected chi connectivity index (χ0v) is 22.5. The van der Waals surface area contributed by atoms with E-state index in [-0.39, 0.29) is 17.8 Å². The van der Waals surface area contributed by atoms with Crippen LogP contribution < -0.4 is 24.8 Å². The van der Waals surface area contributed by atoms with Crippen LogP contribution >= 0.6 is 0 Å². The van der Waals surface area contributed by atoms with Gasteiger partial charge in [-0.25, -0.2) is 4.98 Å². The summed E-state index contributed by atoms with van der Waals surface area (Å²) in [4.78, 5) is 26.4. The van der Waals surface area contributed by atoms with E-state index in [1.165, 1.54) is 0 Å². The van der Waals surface area contributed by atoms with E-state index in [1.54, 1.807) is 25.1 Å². The molecule has 40 heavy (non-hydrogen) atoms. The van der Waals surface area contributed by atoms with Crippen molar-refractivity contribution in [3.05, 3.63) is 42.2 Å². The smallest absolute Gasteiger partial charge is 0.320 e. The SMILES string of the molecule is CNC(=O)[C@@]12C[C@@H]1[C@@H](n1cnc3c4nc(nc31)OCC/C=C/CCOc1cc(ccc1OC)CCN4)[C@@H](O)C2O. The number of ether oxygens (including phenoxy) is 3. The molecule has 2 fully saturated rings. The quantitative estimate of drug-likeness (QED) is 0.354. The van der Waals surface area contributed by atoms with Crippen molar-refractivity contribution < 1.29 is 29.2 Å². The number of anilines is 1. The lowest BCUT2D eigenvalue weighted by Crippen LogP contribution is -2.41. The third kappa shape index (κ3) is 4.40. The van der Waals surface area contributed by atoms with Gasteiger partial charge in [0, 0.05) is 19.5 Å². The van der Waals surface area contributed by atoms with Gasteiger partial charge in [-0.2, -0.15) is 9.97 Å². The summed E-state index contributed by atoms with van der Waals surface area (Å²) in [5.74, 6) is 1.40. The number of carbonyl (C=O) groups is 1. The Balaban J connectivity index is 1.33. The Bertz CT molecular complexity index is 1440. The normalized spacial score (nSPS) is 28.8. The molecule has 1 aromatic carbocycles. The topological polar surface area (TPSA) is 153 Å². The molecular formula is C28H34N6O6. The number of hydrogen-bond acceptors (Lipinski definition) is 10. The molecule has 1 amide bonds. The van der Waals surface area contributed by atoms with Crippen LogP contribution in [-0.4, -0.2) is 81.8 Å². The van der Waals surface area contributed by atoms with Gasteiger partial charge in [0.1, 0.15) is 6.10 Å². The van der Waals surface area contributed by atoms with Crippen molar-refractivity contribution in [3.63, 3.8) is 0 Å². The Morgan fingerprint density at radius 2 is 2.00 bits per heavy atom. The van der Waals surface area contributed by atoms with Crippen molar-refractivity contribution >= 4 is 22.9 Å². The third-order valence-corrected chi connectivity index (χ3v) is 8.20. The van der Waals surface area contributed by atoms with Crippen molar-refractivity contribution in [2.24, 2.45) is 11.3 Å². The molecular weight excluding hydrogens is 516 g/mol. The maximum absolute atomic E-state index is 12.6. The van der Waals surface area contributed by atoms with Crippen LogP contribution in [0, 0.1) is 11.3 Å². The summed E-state index contributed by atoms with van der Waals surface area (Å²) < 4.78 is 19.1. The molecule has 2 aliphatic carbocycles.